The Morgan fingerprint density at radius 3 is 2.62 bits per heavy atom. The quantitative estimate of drug-likeness (QED) is 0.571. The van der Waals surface area contributed by atoms with Crippen molar-refractivity contribution in [3.63, 3.8) is 0 Å². The fraction of sp³-hybridized carbons (Fsp3) is 0.176. The molecule has 0 amide bonds. The highest BCUT2D eigenvalue weighted by molar-refractivity contribution is 9.10. The van der Waals surface area contributed by atoms with E-state index >= 15 is 0 Å². The van der Waals surface area contributed by atoms with Crippen molar-refractivity contribution < 1.29 is 0 Å². The monoisotopic (exact) mass is 379 g/mol. The minimum absolute atomic E-state index is 0.266. The van der Waals surface area contributed by atoms with Gasteiger partial charge in [0.15, 0.2) is 0 Å². The number of nitrogens with one attached hydrogen (secondary N) is 1. The van der Waals surface area contributed by atoms with Crippen LogP contribution in [-0.2, 0) is 6.54 Å². The summed E-state index contributed by atoms with van der Waals surface area (Å²) in [4.78, 5) is 1.19. The van der Waals surface area contributed by atoms with E-state index in [1.165, 1.54) is 15.1 Å². The predicted molar refractivity (Wildman–Crippen MR) is 96.2 cm³/mol. The third-order valence-electron chi connectivity index (χ3n) is 3.54. The molecule has 0 saturated carbocycles. The molecule has 4 heteroatoms. The molecule has 2 aromatic carbocycles. The summed E-state index contributed by atoms with van der Waals surface area (Å²) in [6.07, 6.45) is 0. The maximum absolute atomic E-state index is 6.48. The molecular formula is C17H15BrClNS. The zero-order valence-corrected chi connectivity index (χ0v) is 14.7. The molecule has 0 saturated heterocycles. The van der Waals surface area contributed by atoms with Crippen LogP contribution in [0.5, 0.6) is 0 Å². The lowest BCUT2D eigenvalue weighted by Gasteiger charge is -2.15. The van der Waals surface area contributed by atoms with Gasteiger partial charge in [-0.25, -0.2) is 0 Å². The smallest absolute Gasteiger partial charge is 0.0636 e. The van der Waals surface area contributed by atoms with E-state index in [1.807, 2.05) is 12.1 Å². The molecule has 3 rings (SSSR count). The van der Waals surface area contributed by atoms with E-state index in [0.29, 0.717) is 0 Å². The third-order valence-corrected chi connectivity index (χ3v) is 5.98. The maximum atomic E-state index is 6.48. The minimum Gasteiger partial charge on any atom is -0.305 e. The van der Waals surface area contributed by atoms with Crippen molar-refractivity contribution in [2.45, 2.75) is 19.5 Å². The third kappa shape index (κ3) is 3.16. The van der Waals surface area contributed by atoms with Gasteiger partial charge in [0.25, 0.3) is 0 Å². The van der Waals surface area contributed by atoms with E-state index in [-0.39, 0.29) is 6.04 Å². The number of fused-ring (bicyclic) bond motifs is 1. The maximum Gasteiger partial charge on any atom is 0.0636 e. The highest BCUT2D eigenvalue weighted by Crippen LogP contribution is 2.35. The van der Waals surface area contributed by atoms with Crippen molar-refractivity contribution in [1.29, 1.82) is 0 Å². The molecule has 1 nitrogen and oxygen atoms in total. The summed E-state index contributed by atoms with van der Waals surface area (Å²) in [7, 11) is 0. The Morgan fingerprint density at radius 2 is 1.86 bits per heavy atom. The van der Waals surface area contributed by atoms with E-state index in [0.717, 1.165) is 21.4 Å². The van der Waals surface area contributed by atoms with E-state index < -0.39 is 0 Å². The van der Waals surface area contributed by atoms with Crippen LogP contribution in [0.2, 0.25) is 5.02 Å². The Bertz CT molecular complexity index is 768. The molecule has 1 heterocycles. The molecule has 1 N–H and O–H groups in total. The Labute approximate surface area is 142 Å². The number of hydrogen-bond acceptors (Lipinski definition) is 2. The van der Waals surface area contributed by atoms with Gasteiger partial charge in [-0.05, 0) is 24.6 Å². The summed E-state index contributed by atoms with van der Waals surface area (Å²) in [5.41, 5.74) is 1.26. The van der Waals surface area contributed by atoms with Gasteiger partial charge in [0, 0.05) is 32.0 Å². The summed E-state index contributed by atoms with van der Waals surface area (Å²) < 4.78 is 2.38. The van der Waals surface area contributed by atoms with Gasteiger partial charge in [0.1, 0.15) is 0 Å². The molecule has 1 atom stereocenters. The van der Waals surface area contributed by atoms with E-state index in [9.17, 15) is 0 Å². The number of benzene rings is 2. The average Bonchev–Trinajstić information content (AvgIpc) is 2.82. The lowest BCUT2D eigenvalue weighted by molar-refractivity contribution is 0.577. The number of halogens is 2. The van der Waals surface area contributed by atoms with Crippen LogP contribution >= 0.6 is 38.9 Å². The lowest BCUT2D eigenvalue weighted by atomic mass is 10.1. The highest BCUT2D eigenvalue weighted by Gasteiger charge is 2.12. The first-order valence-electron chi connectivity index (χ1n) is 6.80. The summed E-state index contributed by atoms with van der Waals surface area (Å²) >= 11 is 11.8. The van der Waals surface area contributed by atoms with Gasteiger partial charge in [0.2, 0.25) is 0 Å². The Hall–Kier alpha value is -0.870. The number of thiophene rings is 1. The van der Waals surface area contributed by atoms with Gasteiger partial charge < -0.3 is 5.32 Å². The van der Waals surface area contributed by atoms with Crippen molar-refractivity contribution >= 4 is 49.0 Å². The predicted octanol–water partition coefficient (Wildman–Crippen LogP) is 6.17. The van der Waals surface area contributed by atoms with Crippen LogP contribution in [0, 0.1) is 0 Å². The van der Waals surface area contributed by atoms with Gasteiger partial charge in [-0.15, -0.1) is 11.3 Å². The van der Waals surface area contributed by atoms with Crippen molar-refractivity contribution in [2.75, 3.05) is 0 Å². The normalized spacial score (nSPS) is 12.7. The van der Waals surface area contributed by atoms with Crippen LogP contribution in [0.3, 0.4) is 0 Å². The fourth-order valence-corrected chi connectivity index (χ4v) is 4.44. The van der Waals surface area contributed by atoms with Crippen molar-refractivity contribution in [3.05, 3.63) is 68.5 Å². The summed E-state index contributed by atoms with van der Waals surface area (Å²) in [6.45, 7) is 2.95. The van der Waals surface area contributed by atoms with Crippen LogP contribution in [0.4, 0.5) is 0 Å². The Kier molecular flexibility index (Phi) is 4.65. The minimum atomic E-state index is 0.266. The van der Waals surface area contributed by atoms with E-state index in [1.54, 1.807) is 11.3 Å². The van der Waals surface area contributed by atoms with E-state index in [2.05, 4.69) is 64.6 Å². The Balaban J connectivity index is 1.77. The SMILES string of the molecule is C[C@@H](NCc1sc2ccccc2c1Cl)c1ccccc1Br. The van der Waals surface area contributed by atoms with Crippen LogP contribution in [-0.4, -0.2) is 0 Å². The summed E-state index contributed by atoms with van der Waals surface area (Å²) in [6, 6.07) is 16.8. The zero-order chi connectivity index (χ0) is 14.8. The number of rotatable bonds is 4. The number of hydrogen-bond donors (Lipinski definition) is 1. The first kappa shape index (κ1) is 15.0. The molecule has 0 unspecified atom stereocenters. The molecular weight excluding hydrogens is 366 g/mol. The highest BCUT2D eigenvalue weighted by atomic mass is 79.9. The van der Waals surface area contributed by atoms with Gasteiger partial charge >= 0.3 is 0 Å². The summed E-state index contributed by atoms with van der Waals surface area (Å²) in [5, 5.41) is 5.58. The van der Waals surface area contributed by atoms with Crippen LogP contribution in [0.1, 0.15) is 23.4 Å². The van der Waals surface area contributed by atoms with Crippen molar-refractivity contribution in [2.24, 2.45) is 0 Å². The molecule has 0 aliphatic rings. The molecule has 0 aliphatic carbocycles. The van der Waals surface area contributed by atoms with Crippen molar-refractivity contribution in [1.82, 2.24) is 5.32 Å². The van der Waals surface area contributed by atoms with Crippen LogP contribution in [0.15, 0.2) is 53.0 Å². The zero-order valence-electron chi connectivity index (χ0n) is 11.6. The topological polar surface area (TPSA) is 12.0 Å². The molecule has 0 fully saturated rings. The second kappa shape index (κ2) is 6.49. The average molecular weight is 381 g/mol. The second-order valence-corrected chi connectivity index (χ2v) is 7.33. The molecule has 0 spiro atoms. The molecule has 3 aromatic rings. The second-order valence-electron chi connectivity index (χ2n) is 4.96. The van der Waals surface area contributed by atoms with Crippen LogP contribution in [0.25, 0.3) is 10.1 Å². The molecule has 0 bridgehead atoms. The molecule has 108 valence electrons. The van der Waals surface area contributed by atoms with Crippen molar-refractivity contribution in [3.8, 4) is 0 Å². The Morgan fingerprint density at radius 1 is 1.14 bits per heavy atom. The molecule has 0 aliphatic heterocycles. The van der Waals surface area contributed by atoms with Gasteiger partial charge in [-0.2, -0.15) is 0 Å². The molecule has 0 radical (unpaired) electrons. The van der Waals surface area contributed by atoms with Gasteiger partial charge in [-0.1, -0.05) is 63.9 Å². The largest absolute Gasteiger partial charge is 0.305 e. The van der Waals surface area contributed by atoms with E-state index in [4.69, 9.17) is 11.6 Å². The first-order chi connectivity index (χ1) is 10.2. The lowest BCUT2D eigenvalue weighted by Crippen LogP contribution is -2.18. The fourth-order valence-electron chi connectivity index (χ4n) is 2.36. The van der Waals surface area contributed by atoms with Gasteiger partial charge in [-0.3, -0.25) is 0 Å². The summed E-state index contributed by atoms with van der Waals surface area (Å²) in [5.74, 6) is 0. The van der Waals surface area contributed by atoms with Crippen LogP contribution < -0.4 is 5.32 Å². The standard InChI is InChI=1S/C17H15BrClNS/c1-11(12-6-2-4-8-14(12)18)20-10-16-17(19)13-7-3-5-9-15(13)21-16/h2-9,11,20H,10H2,1H3/t11-/m1/s1. The van der Waals surface area contributed by atoms with Gasteiger partial charge in [0.05, 0.1) is 5.02 Å². The molecule has 1 aromatic heterocycles. The molecule has 21 heavy (non-hydrogen) atoms. The first-order valence-corrected chi connectivity index (χ1v) is 8.79.